The lowest BCUT2D eigenvalue weighted by Crippen LogP contribution is -2.48. The minimum absolute atomic E-state index is 0.0516. The number of hydrogen-bond donors (Lipinski definition) is 0. The highest BCUT2D eigenvalue weighted by atomic mass is 35.5. The van der Waals surface area contributed by atoms with Gasteiger partial charge in [0.15, 0.2) is 5.13 Å². The van der Waals surface area contributed by atoms with Gasteiger partial charge in [0.2, 0.25) is 10.0 Å². The molecule has 4 rings (SSSR count). The Morgan fingerprint density at radius 1 is 0.929 bits per heavy atom. The summed E-state index contributed by atoms with van der Waals surface area (Å²) in [5.74, 6) is 0. The Labute approximate surface area is 178 Å². The number of anilines is 1. The van der Waals surface area contributed by atoms with Crippen LogP contribution in [0.3, 0.4) is 0 Å². The van der Waals surface area contributed by atoms with Crippen molar-refractivity contribution in [3.05, 3.63) is 64.0 Å². The van der Waals surface area contributed by atoms with E-state index in [1.165, 1.54) is 10.4 Å². The molecule has 2 heterocycles. The molecule has 1 aromatic heterocycles. The zero-order valence-corrected chi connectivity index (χ0v) is 17.9. The second-order valence-corrected chi connectivity index (χ2v) is 9.85. The summed E-state index contributed by atoms with van der Waals surface area (Å²) in [7, 11) is -3.69. The van der Waals surface area contributed by atoms with Crippen LogP contribution in [0.4, 0.5) is 5.13 Å². The van der Waals surface area contributed by atoms with Gasteiger partial charge in [0.05, 0.1) is 15.7 Å². The summed E-state index contributed by atoms with van der Waals surface area (Å²) >= 11 is 13.7. The average molecular weight is 454 g/mol. The van der Waals surface area contributed by atoms with Gasteiger partial charge in [0.1, 0.15) is 4.90 Å². The Bertz CT molecular complexity index is 1080. The molecule has 5 nitrogen and oxygen atoms in total. The molecule has 2 aromatic carbocycles. The van der Waals surface area contributed by atoms with Gasteiger partial charge in [-0.1, -0.05) is 59.6 Å². The number of rotatable bonds is 4. The minimum atomic E-state index is -3.69. The van der Waals surface area contributed by atoms with Crippen LogP contribution < -0.4 is 4.90 Å². The van der Waals surface area contributed by atoms with Crippen molar-refractivity contribution in [2.75, 3.05) is 31.1 Å². The predicted octanol–water partition coefficient (Wildman–Crippen LogP) is 4.63. The summed E-state index contributed by atoms with van der Waals surface area (Å²) in [6, 6.07) is 14.7. The maximum absolute atomic E-state index is 12.9. The van der Waals surface area contributed by atoms with Gasteiger partial charge in [-0.15, -0.1) is 11.3 Å². The number of thiazole rings is 1. The van der Waals surface area contributed by atoms with Gasteiger partial charge in [-0.3, -0.25) is 0 Å². The topological polar surface area (TPSA) is 53.5 Å². The van der Waals surface area contributed by atoms with Gasteiger partial charge in [0, 0.05) is 37.1 Å². The predicted molar refractivity (Wildman–Crippen MR) is 115 cm³/mol. The lowest BCUT2D eigenvalue weighted by Gasteiger charge is -2.34. The molecular formula is C19H17Cl2N3O2S2. The molecule has 1 fully saturated rings. The molecule has 3 aromatic rings. The Hall–Kier alpha value is -1.64. The molecule has 0 bridgehead atoms. The summed E-state index contributed by atoms with van der Waals surface area (Å²) in [4.78, 5) is 6.88. The molecule has 1 aliphatic rings. The average Bonchev–Trinajstić information content (AvgIpc) is 3.21. The first-order chi connectivity index (χ1) is 13.5. The fraction of sp³-hybridized carbons (Fsp3) is 0.211. The lowest BCUT2D eigenvalue weighted by molar-refractivity contribution is 0.385. The van der Waals surface area contributed by atoms with Crippen molar-refractivity contribution in [1.29, 1.82) is 0 Å². The van der Waals surface area contributed by atoms with Crippen molar-refractivity contribution in [1.82, 2.24) is 9.29 Å². The fourth-order valence-corrected chi connectivity index (χ4v) is 6.14. The number of aromatic nitrogens is 1. The zero-order valence-electron chi connectivity index (χ0n) is 14.8. The van der Waals surface area contributed by atoms with E-state index in [0.29, 0.717) is 26.2 Å². The van der Waals surface area contributed by atoms with Crippen LogP contribution in [0.25, 0.3) is 11.3 Å². The van der Waals surface area contributed by atoms with Gasteiger partial charge >= 0.3 is 0 Å². The first-order valence-electron chi connectivity index (χ1n) is 8.67. The normalized spacial score (nSPS) is 15.7. The molecular weight excluding hydrogens is 437 g/mol. The summed E-state index contributed by atoms with van der Waals surface area (Å²) in [6.45, 7) is 1.87. The number of hydrogen-bond acceptors (Lipinski definition) is 5. The molecule has 0 radical (unpaired) electrons. The summed E-state index contributed by atoms with van der Waals surface area (Å²) in [5.41, 5.74) is 2.00. The summed E-state index contributed by atoms with van der Waals surface area (Å²) in [6.07, 6.45) is 0. The smallest absolute Gasteiger partial charge is 0.244 e. The molecule has 0 amide bonds. The van der Waals surface area contributed by atoms with Crippen LogP contribution in [-0.4, -0.2) is 43.9 Å². The largest absolute Gasteiger partial charge is 0.345 e. The third-order valence-corrected chi connectivity index (χ3v) is 8.38. The second-order valence-electron chi connectivity index (χ2n) is 6.32. The highest BCUT2D eigenvalue weighted by Crippen LogP contribution is 2.32. The molecule has 9 heteroatoms. The highest BCUT2D eigenvalue weighted by Gasteiger charge is 2.31. The van der Waals surface area contributed by atoms with Crippen molar-refractivity contribution in [3.63, 3.8) is 0 Å². The SMILES string of the molecule is O=S(=O)(c1cccc(Cl)c1Cl)N1CCN(c2nc(-c3ccccc3)cs2)CC1. The number of benzene rings is 2. The van der Waals surface area contributed by atoms with Gasteiger partial charge in [-0.2, -0.15) is 4.31 Å². The molecule has 0 unspecified atom stereocenters. The molecule has 0 atom stereocenters. The van der Waals surface area contributed by atoms with Crippen LogP contribution in [0.1, 0.15) is 0 Å². The van der Waals surface area contributed by atoms with Crippen LogP contribution in [0, 0.1) is 0 Å². The Balaban J connectivity index is 1.48. The highest BCUT2D eigenvalue weighted by molar-refractivity contribution is 7.89. The Kier molecular flexibility index (Phi) is 5.62. The van der Waals surface area contributed by atoms with Crippen molar-refractivity contribution < 1.29 is 8.42 Å². The quantitative estimate of drug-likeness (QED) is 0.577. The third-order valence-electron chi connectivity index (χ3n) is 4.60. The Morgan fingerprint density at radius 3 is 2.36 bits per heavy atom. The molecule has 0 saturated carbocycles. The van der Waals surface area contributed by atoms with Crippen LogP contribution in [-0.2, 0) is 10.0 Å². The molecule has 146 valence electrons. The van der Waals surface area contributed by atoms with Crippen molar-refractivity contribution in [3.8, 4) is 11.3 Å². The van der Waals surface area contributed by atoms with Crippen molar-refractivity contribution in [2.45, 2.75) is 4.90 Å². The van der Waals surface area contributed by atoms with E-state index in [9.17, 15) is 8.42 Å². The number of sulfonamides is 1. The van der Waals surface area contributed by atoms with E-state index in [1.54, 1.807) is 23.5 Å². The Morgan fingerprint density at radius 2 is 1.64 bits per heavy atom. The van der Waals surface area contributed by atoms with Crippen molar-refractivity contribution >= 4 is 49.7 Å². The second kappa shape index (κ2) is 8.00. The first kappa shape index (κ1) is 19.7. The number of halogens is 2. The van der Waals surface area contributed by atoms with Crippen molar-refractivity contribution in [2.24, 2.45) is 0 Å². The van der Waals surface area contributed by atoms with E-state index in [0.717, 1.165) is 16.4 Å². The van der Waals surface area contributed by atoms with Gasteiger partial charge < -0.3 is 4.90 Å². The van der Waals surface area contributed by atoms with Gasteiger partial charge in [-0.25, -0.2) is 13.4 Å². The number of nitrogens with zero attached hydrogens (tertiary/aromatic N) is 3. The minimum Gasteiger partial charge on any atom is -0.345 e. The molecule has 0 aliphatic carbocycles. The monoisotopic (exact) mass is 453 g/mol. The zero-order chi connectivity index (χ0) is 19.7. The molecule has 1 aliphatic heterocycles. The van der Waals surface area contributed by atoms with Crippen LogP contribution in [0.15, 0.2) is 58.8 Å². The van der Waals surface area contributed by atoms with Crippen LogP contribution in [0.5, 0.6) is 0 Å². The van der Waals surface area contributed by atoms with Crippen LogP contribution >= 0.6 is 34.5 Å². The van der Waals surface area contributed by atoms with Crippen LogP contribution in [0.2, 0.25) is 10.0 Å². The van der Waals surface area contributed by atoms with E-state index in [4.69, 9.17) is 28.2 Å². The summed E-state index contributed by atoms with van der Waals surface area (Å²) in [5, 5.41) is 3.23. The molecule has 0 N–H and O–H groups in total. The summed E-state index contributed by atoms with van der Waals surface area (Å²) < 4.78 is 27.3. The number of piperazine rings is 1. The lowest BCUT2D eigenvalue weighted by atomic mass is 10.2. The maximum Gasteiger partial charge on any atom is 0.244 e. The van der Waals surface area contributed by atoms with E-state index in [1.807, 2.05) is 35.7 Å². The first-order valence-corrected chi connectivity index (χ1v) is 11.7. The third kappa shape index (κ3) is 3.77. The molecule has 1 saturated heterocycles. The molecule has 0 spiro atoms. The van der Waals surface area contributed by atoms with E-state index >= 15 is 0 Å². The van der Waals surface area contributed by atoms with E-state index in [-0.39, 0.29) is 14.9 Å². The van der Waals surface area contributed by atoms with Gasteiger partial charge in [-0.05, 0) is 12.1 Å². The maximum atomic E-state index is 12.9. The fourth-order valence-electron chi connectivity index (χ4n) is 3.09. The van der Waals surface area contributed by atoms with E-state index < -0.39 is 10.0 Å². The standard InChI is InChI=1S/C19H17Cl2N3O2S2/c20-15-7-4-8-17(18(15)21)28(25,26)24-11-9-23(10-12-24)19-22-16(13-27-19)14-5-2-1-3-6-14/h1-8,13H,9-12H2. The van der Waals surface area contributed by atoms with E-state index in [2.05, 4.69) is 4.90 Å². The van der Waals surface area contributed by atoms with Gasteiger partial charge in [0.25, 0.3) is 0 Å². The molecule has 28 heavy (non-hydrogen) atoms.